The highest BCUT2D eigenvalue weighted by Gasteiger charge is 2.18. The van der Waals surface area contributed by atoms with Gasteiger partial charge in [0.15, 0.2) is 10.7 Å². The first-order valence-corrected chi connectivity index (χ1v) is 9.15. The van der Waals surface area contributed by atoms with Crippen molar-refractivity contribution in [2.24, 2.45) is 0 Å². The molecule has 1 saturated heterocycles. The second kappa shape index (κ2) is 6.57. The highest BCUT2D eigenvalue weighted by molar-refractivity contribution is 7.17. The lowest BCUT2D eigenvalue weighted by Gasteiger charge is -2.07. The topological polar surface area (TPSA) is 86.3 Å². The van der Waals surface area contributed by atoms with E-state index in [1.165, 1.54) is 10.6 Å². The summed E-state index contributed by atoms with van der Waals surface area (Å²) >= 11 is 1.65. The molecule has 1 amide bonds. The number of hydrogen-bond acceptors (Lipinski definition) is 6. The lowest BCUT2D eigenvalue weighted by atomic mass is 10.2. The first kappa shape index (κ1) is 16.2. The summed E-state index contributed by atoms with van der Waals surface area (Å²) in [6.45, 7) is 5.94. The molecule has 4 heterocycles. The molecule has 25 heavy (non-hydrogen) atoms. The number of carbonyl (C=O) groups excluding carboxylic acids is 1. The summed E-state index contributed by atoms with van der Waals surface area (Å²) in [4.78, 5) is 19.0. The summed E-state index contributed by atoms with van der Waals surface area (Å²) in [6, 6.07) is 0. The summed E-state index contributed by atoms with van der Waals surface area (Å²) in [5.41, 5.74) is 2.32. The molecule has 0 unspecified atom stereocenters. The molecule has 8 nitrogen and oxygen atoms in total. The van der Waals surface area contributed by atoms with Crippen molar-refractivity contribution in [1.82, 2.24) is 29.7 Å². The molecule has 0 aromatic carbocycles. The van der Waals surface area contributed by atoms with Crippen LogP contribution in [0.2, 0.25) is 0 Å². The Hall–Kier alpha value is -2.26. The third-order valence-corrected chi connectivity index (χ3v) is 5.53. The molecular weight excluding hydrogens is 340 g/mol. The molecule has 1 aliphatic heterocycles. The first-order valence-electron chi connectivity index (χ1n) is 8.34. The number of carbonyl (C=O) groups is 1. The predicted octanol–water partition coefficient (Wildman–Crippen LogP) is 1.71. The van der Waals surface area contributed by atoms with Crippen LogP contribution in [0.1, 0.15) is 39.6 Å². The zero-order chi connectivity index (χ0) is 17.4. The standard InChI is InChI=1S/C16H20N6O2S/c1-10-11(2)25-16-18-12(7-22(10)16)6-17-15(23)14-9-21(20-19-14)8-13-4-3-5-24-13/h7,9,13H,3-6,8H2,1-2H3,(H,17,23)/t13-/m0/s1. The van der Waals surface area contributed by atoms with Crippen molar-refractivity contribution in [2.75, 3.05) is 6.61 Å². The van der Waals surface area contributed by atoms with Crippen LogP contribution in [0.5, 0.6) is 0 Å². The number of imidazole rings is 1. The van der Waals surface area contributed by atoms with E-state index in [-0.39, 0.29) is 12.0 Å². The highest BCUT2D eigenvalue weighted by atomic mass is 32.1. The fourth-order valence-electron chi connectivity index (χ4n) is 2.94. The molecule has 1 aliphatic rings. The number of fused-ring (bicyclic) bond motifs is 1. The van der Waals surface area contributed by atoms with Crippen molar-refractivity contribution >= 4 is 22.2 Å². The number of nitrogens with one attached hydrogen (secondary N) is 1. The van der Waals surface area contributed by atoms with E-state index in [4.69, 9.17) is 4.74 Å². The molecule has 0 aliphatic carbocycles. The van der Waals surface area contributed by atoms with E-state index in [9.17, 15) is 4.79 Å². The molecule has 132 valence electrons. The Bertz CT molecular complexity index is 905. The van der Waals surface area contributed by atoms with E-state index >= 15 is 0 Å². The molecule has 0 bridgehead atoms. The number of rotatable bonds is 5. The average Bonchev–Trinajstić information content (AvgIpc) is 3.35. The van der Waals surface area contributed by atoms with Crippen LogP contribution in [0.4, 0.5) is 0 Å². The molecule has 4 rings (SSSR count). The number of ether oxygens (including phenoxy) is 1. The van der Waals surface area contributed by atoms with E-state index in [2.05, 4.69) is 38.9 Å². The predicted molar refractivity (Wildman–Crippen MR) is 92.7 cm³/mol. The third-order valence-electron chi connectivity index (χ3n) is 4.45. The maximum Gasteiger partial charge on any atom is 0.273 e. The Kier molecular flexibility index (Phi) is 4.26. The number of aryl methyl sites for hydroxylation is 2. The second-order valence-corrected chi connectivity index (χ2v) is 7.45. The molecule has 1 fully saturated rings. The second-order valence-electron chi connectivity index (χ2n) is 6.27. The molecule has 9 heteroatoms. The maximum atomic E-state index is 12.3. The minimum atomic E-state index is -0.247. The summed E-state index contributed by atoms with van der Waals surface area (Å²) in [5, 5.41) is 10.8. The minimum absolute atomic E-state index is 0.169. The van der Waals surface area contributed by atoms with Gasteiger partial charge in [-0.2, -0.15) is 0 Å². The van der Waals surface area contributed by atoms with Gasteiger partial charge in [0.1, 0.15) is 0 Å². The third kappa shape index (κ3) is 3.29. The van der Waals surface area contributed by atoms with Crippen molar-refractivity contribution in [3.05, 3.63) is 34.4 Å². The fourth-order valence-corrected chi connectivity index (χ4v) is 3.91. The van der Waals surface area contributed by atoms with Gasteiger partial charge < -0.3 is 10.1 Å². The Morgan fingerprint density at radius 3 is 3.08 bits per heavy atom. The van der Waals surface area contributed by atoms with Gasteiger partial charge in [0.25, 0.3) is 5.91 Å². The van der Waals surface area contributed by atoms with Crippen LogP contribution in [-0.4, -0.2) is 43.0 Å². The normalized spacial score (nSPS) is 17.4. The smallest absolute Gasteiger partial charge is 0.273 e. The largest absolute Gasteiger partial charge is 0.376 e. The van der Waals surface area contributed by atoms with E-state index < -0.39 is 0 Å². The average molecular weight is 360 g/mol. The van der Waals surface area contributed by atoms with E-state index in [0.717, 1.165) is 30.1 Å². The summed E-state index contributed by atoms with van der Waals surface area (Å²) < 4.78 is 9.30. The molecule has 0 spiro atoms. The van der Waals surface area contributed by atoms with Crippen molar-refractivity contribution < 1.29 is 9.53 Å². The number of amides is 1. The Balaban J connectivity index is 1.37. The van der Waals surface area contributed by atoms with E-state index in [1.807, 2.05) is 6.20 Å². The van der Waals surface area contributed by atoms with Crippen LogP contribution < -0.4 is 5.32 Å². The van der Waals surface area contributed by atoms with Crippen molar-refractivity contribution in [3.63, 3.8) is 0 Å². The summed E-state index contributed by atoms with van der Waals surface area (Å²) in [7, 11) is 0. The molecule has 3 aromatic heterocycles. The molecule has 1 N–H and O–H groups in total. The Morgan fingerprint density at radius 2 is 2.32 bits per heavy atom. The summed E-state index contributed by atoms with van der Waals surface area (Å²) in [5.74, 6) is -0.247. The van der Waals surface area contributed by atoms with Gasteiger partial charge in [0.05, 0.1) is 31.1 Å². The van der Waals surface area contributed by atoms with Crippen molar-refractivity contribution in [3.8, 4) is 0 Å². The van der Waals surface area contributed by atoms with Crippen LogP contribution in [0, 0.1) is 13.8 Å². The van der Waals surface area contributed by atoms with Crippen LogP contribution in [0.25, 0.3) is 4.96 Å². The monoisotopic (exact) mass is 360 g/mol. The zero-order valence-electron chi connectivity index (χ0n) is 14.2. The SMILES string of the molecule is Cc1sc2nc(CNC(=O)c3cn(C[C@@H]4CCCO4)nn3)cn2c1C. The van der Waals surface area contributed by atoms with Gasteiger partial charge in [0.2, 0.25) is 0 Å². The highest BCUT2D eigenvalue weighted by Crippen LogP contribution is 2.21. The number of nitrogens with zero attached hydrogens (tertiary/aromatic N) is 5. The fraction of sp³-hybridized carbons (Fsp3) is 0.500. The number of thiazole rings is 1. The number of hydrogen-bond donors (Lipinski definition) is 1. The van der Waals surface area contributed by atoms with Gasteiger partial charge in [-0.05, 0) is 26.7 Å². The van der Waals surface area contributed by atoms with Gasteiger partial charge in [-0.25, -0.2) is 9.67 Å². The van der Waals surface area contributed by atoms with E-state index in [1.54, 1.807) is 22.2 Å². The quantitative estimate of drug-likeness (QED) is 0.749. The summed E-state index contributed by atoms with van der Waals surface area (Å²) in [6.07, 6.45) is 5.90. The van der Waals surface area contributed by atoms with Gasteiger partial charge in [0, 0.05) is 23.4 Å². The van der Waals surface area contributed by atoms with Gasteiger partial charge >= 0.3 is 0 Å². The van der Waals surface area contributed by atoms with Crippen molar-refractivity contribution in [2.45, 2.75) is 45.9 Å². The number of aromatic nitrogens is 5. The zero-order valence-corrected chi connectivity index (χ0v) is 15.0. The maximum absolute atomic E-state index is 12.3. The van der Waals surface area contributed by atoms with Crippen LogP contribution >= 0.6 is 11.3 Å². The van der Waals surface area contributed by atoms with E-state index in [0.29, 0.717) is 18.8 Å². The van der Waals surface area contributed by atoms with Gasteiger partial charge in [-0.15, -0.1) is 16.4 Å². The van der Waals surface area contributed by atoms with Gasteiger partial charge in [-0.1, -0.05) is 5.21 Å². The van der Waals surface area contributed by atoms with Crippen LogP contribution in [0.3, 0.4) is 0 Å². The molecule has 1 atom stereocenters. The Morgan fingerprint density at radius 1 is 1.44 bits per heavy atom. The molecule has 0 saturated carbocycles. The molecule has 0 radical (unpaired) electrons. The minimum Gasteiger partial charge on any atom is -0.376 e. The van der Waals surface area contributed by atoms with Gasteiger partial charge in [-0.3, -0.25) is 9.20 Å². The van der Waals surface area contributed by atoms with Crippen molar-refractivity contribution in [1.29, 1.82) is 0 Å². The van der Waals surface area contributed by atoms with Crippen LogP contribution in [-0.2, 0) is 17.8 Å². The molecular formula is C16H20N6O2S. The first-order chi connectivity index (χ1) is 12.1. The lowest BCUT2D eigenvalue weighted by molar-refractivity contribution is 0.0929. The Labute approximate surface area is 148 Å². The van der Waals surface area contributed by atoms with Crippen LogP contribution in [0.15, 0.2) is 12.4 Å². The lowest BCUT2D eigenvalue weighted by Crippen LogP contribution is -2.23. The molecule has 3 aromatic rings.